The first-order valence-electron chi connectivity index (χ1n) is 6.23. The van der Waals surface area contributed by atoms with Crippen LogP contribution in [0.25, 0.3) is 0 Å². The molecule has 0 aliphatic carbocycles. The fraction of sp³-hybridized carbons (Fsp3) is 0.571. The van der Waals surface area contributed by atoms with Gasteiger partial charge < -0.3 is 14.7 Å². The lowest BCUT2D eigenvalue weighted by Crippen LogP contribution is -2.28. The van der Waals surface area contributed by atoms with Crippen molar-refractivity contribution in [2.45, 2.75) is 26.9 Å². The highest BCUT2D eigenvalue weighted by Crippen LogP contribution is 2.29. The van der Waals surface area contributed by atoms with E-state index in [1.54, 1.807) is 27.0 Å². The molecule has 0 amide bonds. The molecule has 3 nitrogen and oxygen atoms in total. The van der Waals surface area contributed by atoms with Crippen LogP contribution < -0.4 is 4.90 Å². The lowest BCUT2D eigenvalue weighted by molar-refractivity contribution is 0.197. The molecule has 1 aromatic carbocycles. The van der Waals surface area contributed by atoms with Gasteiger partial charge in [-0.05, 0) is 38.5 Å². The number of aryl methyl sites for hydroxylation is 1. The third kappa shape index (κ3) is 3.43. The molecule has 0 radical (unpaired) electrons. The summed E-state index contributed by atoms with van der Waals surface area (Å²) in [5.41, 5.74) is 2.09. The number of methoxy groups -OCH3 is 1. The Labute approximate surface area is 108 Å². The van der Waals surface area contributed by atoms with Crippen LogP contribution in [-0.2, 0) is 4.74 Å². The van der Waals surface area contributed by atoms with E-state index in [4.69, 9.17) is 4.74 Å². The maximum Gasteiger partial charge on any atom is 0.126 e. The largest absolute Gasteiger partial charge is 0.389 e. The molecule has 0 saturated carbocycles. The third-order valence-electron chi connectivity index (χ3n) is 3.05. The number of likely N-dealkylation sites (N-methyl/N-ethyl adjacent to an activating group) is 1. The first-order valence-corrected chi connectivity index (χ1v) is 6.23. The summed E-state index contributed by atoms with van der Waals surface area (Å²) in [6.07, 6.45) is -0.688. The summed E-state index contributed by atoms with van der Waals surface area (Å²) in [7, 11) is 1.65. The normalized spacial score (nSPS) is 12.6. The second kappa shape index (κ2) is 6.71. The van der Waals surface area contributed by atoms with Crippen LogP contribution in [0, 0.1) is 12.7 Å². The molecule has 0 aliphatic rings. The molecular formula is C14H22FNO2. The van der Waals surface area contributed by atoms with Gasteiger partial charge in [0.2, 0.25) is 0 Å². The van der Waals surface area contributed by atoms with E-state index in [1.807, 2.05) is 6.92 Å². The highest BCUT2D eigenvalue weighted by molar-refractivity contribution is 5.56. The minimum atomic E-state index is -0.688. The number of anilines is 1. The van der Waals surface area contributed by atoms with Gasteiger partial charge in [-0.2, -0.15) is 0 Å². The number of rotatable bonds is 6. The zero-order valence-corrected chi connectivity index (χ0v) is 11.5. The van der Waals surface area contributed by atoms with E-state index < -0.39 is 6.10 Å². The van der Waals surface area contributed by atoms with Gasteiger partial charge in [-0.25, -0.2) is 4.39 Å². The average Bonchev–Trinajstić information content (AvgIpc) is 2.33. The summed E-state index contributed by atoms with van der Waals surface area (Å²) in [6, 6.07) is 3.21. The molecule has 0 bridgehead atoms. The first-order chi connectivity index (χ1) is 8.51. The SMILES string of the molecule is CCN(CCOC)c1cc(C)c(F)cc1[C@@H](C)O. The van der Waals surface area contributed by atoms with Crippen molar-refractivity contribution < 1.29 is 14.2 Å². The fourth-order valence-electron chi connectivity index (χ4n) is 1.94. The van der Waals surface area contributed by atoms with Gasteiger partial charge in [0.15, 0.2) is 0 Å². The van der Waals surface area contributed by atoms with Gasteiger partial charge in [0, 0.05) is 31.5 Å². The number of benzene rings is 1. The van der Waals surface area contributed by atoms with Crippen molar-refractivity contribution >= 4 is 5.69 Å². The molecule has 0 saturated heterocycles. The van der Waals surface area contributed by atoms with Crippen LogP contribution in [0.3, 0.4) is 0 Å². The Bertz CT molecular complexity index is 394. The molecule has 1 rings (SSSR count). The summed E-state index contributed by atoms with van der Waals surface area (Å²) >= 11 is 0. The van der Waals surface area contributed by atoms with Gasteiger partial charge in [0.25, 0.3) is 0 Å². The molecule has 4 heteroatoms. The highest BCUT2D eigenvalue weighted by atomic mass is 19.1. The van der Waals surface area contributed by atoms with E-state index in [0.29, 0.717) is 17.7 Å². The van der Waals surface area contributed by atoms with E-state index in [9.17, 15) is 9.50 Å². The Kier molecular flexibility index (Phi) is 5.56. The van der Waals surface area contributed by atoms with Crippen LogP contribution >= 0.6 is 0 Å². The quantitative estimate of drug-likeness (QED) is 0.848. The Morgan fingerprint density at radius 3 is 2.61 bits per heavy atom. The van der Waals surface area contributed by atoms with E-state index >= 15 is 0 Å². The predicted octanol–water partition coefficient (Wildman–Crippen LogP) is 2.66. The first kappa shape index (κ1) is 14.9. The Hall–Kier alpha value is -1.13. The van der Waals surface area contributed by atoms with E-state index in [-0.39, 0.29) is 5.82 Å². The van der Waals surface area contributed by atoms with Crippen LogP contribution in [0.1, 0.15) is 31.1 Å². The molecule has 0 aliphatic heterocycles. The zero-order valence-electron chi connectivity index (χ0n) is 11.5. The zero-order chi connectivity index (χ0) is 13.7. The second-order valence-corrected chi connectivity index (χ2v) is 4.41. The Balaban J connectivity index is 3.14. The van der Waals surface area contributed by atoms with Crippen molar-refractivity contribution in [2.24, 2.45) is 0 Å². The van der Waals surface area contributed by atoms with E-state index in [1.165, 1.54) is 6.07 Å². The minimum absolute atomic E-state index is 0.280. The Morgan fingerprint density at radius 1 is 1.44 bits per heavy atom. The number of hydrogen-bond donors (Lipinski definition) is 1. The maximum absolute atomic E-state index is 13.6. The number of halogens is 1. The topological polar surface area (TPSA) is 32.7 Å². The van der Waals surface area contributed by atoms with Gasteiger partial charge in [-0.3, -0.25) is 0 Å². The lowest BCUT2D eigenvalue weighted by Gasteiger charge is -2.27. The molecule has 1 atom stereocenters. The van der Waals surface area contributed by atoms with Crippen LogP contribution in [-0.4, -0.2) is 31.9 Å². The molecule has 102 valence electrons. The summed E-state index contributed by atoms with van der Waals surface area (Å²) in [5, 5.41) is 9.77. The van der Waals surface area contributed by atoms with Gasteiger partial charge in [-0.15, -0.1) is 0 Å². The molecule has 0 fully saturated rings. The molecule has 0 aromatic heterocycles. The molecular weight excluding hydrogens is 233 g/mol. The predicted molar refractivity (Wildman–Crippen MR) is 71.5 cm³/mol. The van der Waals surface area contributed by atoms with Crippen molar-refractivity contribution in [2.75, 3.05) is 31.7 Å². The van der Waals surface area contributed by atoms with Gasteiger partial charge >= 0.3 is 0 Å². The van der Waals surface area contributed by atoms with Crippen LogP contribution in [0.15, 0.2) is 12.1 Å². The number of nitrogens with zero attached hydrogens (tertiary/aromatic N) is 1. The van der Waals surface area contributed by atoms with Crippen molar-refractivity contribution in [3.05, 3.63) is 29.1 Å². The smallest absolute Gasteiger partial charge is 0.126 e. The molecule has 1 aromatic rings. The van der Waals surface area contributed by atoms with E-state index in [2.05, 4.69) is 4.90 Å². The van der Waals surface area contributed by atoms with Gasteiger partial charge in [-0.1, -0.05) is 0 Å². The van der Waals surface area contributed by atoms with E-state index in [0.717, 1.165) is 18.8 Å². The molecule has 1 N–H and O–H groups in total. The number of aliphatic hydroxyl groups excluding tert-OH is 1. The molecule has 18 heavy (non-hydrogen) atoms. The number of aliphatic hydroxyl groups is 1. The summed E-state index contributed by atoms with van der Waals surface area (Å²) < 4.78 is 18.7. The van der Waals surface area contributed by atoms with Gasteiger partial charge in [0.05, 0.1) is 12.7 Å². The van der Waals surface area contributed by atoms with Crippen molar-refractivity contribution in [1.82, 2.24) is 0 Å². The average molecular weight is 255 g/mol. The second-order valence-electron chi connectivity index (χ2n) is 4.41. The molecule has 0 heterocycles. The number of hydrogen-bond acceptors (Lipinski definition) is 3. The highest BCUT2D eigenvalue weighted by Gasteiger charge is 2.16. The third-order valence-corrected chi connectivity index (χ3v) is 3.05. The summed E-state index contributed by atoms with van der Waals surface area (Å²) in [4.78, 5) is 2.08. The minimum Gasteiger partial charge on any atom is -0.389 e. The summed E-state index contributed by atoms with van der Waals surface area (Å²) in [6.45, 7) is 7.52. The monoisotopic (exact) mass is 255 g/mol. The molecule has 0 unspecified atom stereocenters. The maximum atomic E-state index is 13.6. The van der Waals surface area contributed by atoms with Gasteiger partial charge in [0.1, 0.15) is 5.82 Å². The standard InChI is InChI=1S/C14H22FNO2/c1-5-16(6-7-18-4)14-8-10(2)13(15)9-12(14)11(3)17/h8-9,11,17H,5-7H2,1-4H3/t11-/m1/s1. The fourth-order valence-corrected chi connectivity index (χ4v) is 1.94. The van der Waals surface area contributed by atoms with Crippen LogP contribution in [0.2, 0.25) is 0 Å². The van der Waals surface area contributed by atoms with Crippen LogP contribution in [0.5, 0.6) is 0 Å². The Morgan fingerprint density at radius 2 is 2.11 bits per heavy atom. The number of ether oxygens (including phenoxy) is 1. The lowest BCUT2D eigenvalue weighted by atomic mass is 10.0. The molecule has 0 spiro atoms. The van der Waals surface area contributed by atoms with Crippen LogP contribution in [0.4, 0.5) is 10.1 Å². The van der Waals surface area contributed by atoms with Crippen molar-refractivity contribution in [3.8, 4) is 0 Å². The summed E-state index contributed by atoms with van der Waals surface area (Å²) in [5.74, 6) is -0.280. The van der Waals surface area contributed by atoms with Crippen molar-refractivity contribution in [1.29, 1.82) is 0 Å². The van der Waals surface area contributed by atoms with Crippen molar-refractivity contribution in [3.63, 3.8) is 0 Å².